The van der Waals surface area contributed by atoms with Crippen LogP contribution in [0.1, 0.15) is 15.9 Å². The molecular weight excluding hydrogens is 306 g/mol. The van der Waals surface area contributed by atoms with Gasteiger partial charge in [-0.2, -0.15) is 0 Å². The van der Waals surface area contributed by atoms with E-state index in [0.717, 1.165) is 0 Å². The monoisotopic (exact) mass is 319 g/mol. The quantitative estimate of drug-likeness (QED) is 0.391. The standard InChI is InChI=1S/C19H13NO4/c21-19(14-6-10-16(11-7-14)20(22)23)15-8-12-18(13-9-15)24-17-4-2-1-3-5-17/h1-13H. The Labute approximate surface area is 138 Å². The number of hydrogen-bond acceptors (Lipinski definition) is 4. The van der Waals surface area contributed by atoms with E-state index in [2.05, 4.69) is 0 Å². The summed E-state index contributed by atoms with van der Waals surface area (Å²) >= 11 is 0. The third-order valence-corrected chi connectivity index (χ3v) is 3.44. The van der Waals surface area contributed by atoms with Crippen molar-refractivity contribution in [3.8, 4) is 11.5 Å². The van der Waals surface area contributed by atoms with Crippen LogP contribution >= 0.6 is 0 Å². The van der Waals surface area contributed by atoms with Gasteiger partial charge in [0.05, 0.1) is 4.92 Å². The zero-order valence-corrected chi connectivity index (χ0v) is 12.6. The number of benzene rings is 3. The summed E-state index contributed by atoms with van der Waals surface area (Å²) in [5.74, 6) is 1.14. The predicted molar refractivity (Wildman–Crippen MR) is 89.5 cm³/mol. The highest BCUT2D eigenvalue weighted by atomic mass is 16.6. The minimum atomic E-state index is -0.496. The zero-order valence-electron chi connectivity index (χ0n) is 12.6. The van der Waals surface area contributed by atoms with Crippen molar-refractivity contribution in [1.82, 2.24) is 0 Å². The van der Waals surface area contributed by atoms with Crippen molar-refractivity contribution in [2.24, 2.45) is 0 Å². The van der Waals surface area contributed by atoms with Crippen LogP contribution in [0.2, 0.25) is 0 Å². The molecule has 0 radical (unpaired) electrons. The fourth-order valence-corrected chi connectivity index (χ4v) is 2.20. The van der Waals surface area contributed by atoms with Crippen LogP contribution in [0.5, 0.6) is 11.5 Å². The van der Waals surface area contributed by atoms with Crippen molar-refractivity contribution < 1.29 is 14.5 Å². The molecule has 3 aromatic carbocycles. The highest BCUT2D eigenvalue weighted by Crippen LogP contribution is 2.22. The van der Waals surface area contributed by atoms with E-state index in [-0.39, 0.29) is 11.5 Å². The first-order chi connectivity index (χ1) is 11.6. The van der Waals surface area contributed by atoms with Gasteiger partial charge in [-0.15, -0.1) is 0 Å². The molecule has 0 saturated carbocycles. The fourth-order valence-electron chi connectivity index (χ4n) is 2.20. The maximum Gasteiger partial charge on any atom is 0.269 e. The van der Waals surface area contributed by atoms with Gasteiger partial charge in [0.25, 0.3) is 5.69 Å². The molecule has 0 fully saturated rings. The summed E-state index contributed by atoms with van der Waals surface area (Å²) in [6, 6.07) is 21.7. The Kier molecular flexibility index (Phi) is 4.34. The number of non-ortho nitro benzene ring substituents is 1. The van der Waals surface area contributed by atoms with Gasteiger partial charge in [-0.25, -0.2) is 0 Å². The lowest BCUT2D eigenvalue weighted by Gasteiger charge is -2.06. The molecule has 0 aliphatic carbocycles. The SMILES string of the molecule is O=C(c1ccc(Oc2ccccc2)cc1)c1ccc([N+](=O)[O-])cc1. The third-order valence-electron chi connectivity index (χ3n) is 3.44. The van der Waals surface area contributed by atoms with Crippen molar-refractivity contribution in [2.45, 2.75) is 0 Å². The lowest BCUT2D eigenvalue weighted by atomic mass is 10.0. The predicted octanol–water partition coefficient (Wildman–Crippen LogP) is 4.62. The molecule has 0 unspecified atom stereocenters. The number of nitrogens with zero attached hydrogens (tertiary/aromatic N) is 1. The van der Waals surface area contributed by atoms with E-state index in [1.54, 1.807) is 24.3 Å². The first-order valence-electron chi connectivity index (χ1n) is 7.25. The van der Waals surface area contributed by atoms with E-state index in [0.29, 0.717) is 22.6 Å². The first kappa shape index (κ1) is 15.4. The van der Waals surface area contributed by atoms with E-state index in [9.17, 15) is 14.9 Å². The molecular formula is C19H13NO4. The molecule has 3 rings (SSSR count). The summed E-state index contributed by atoms with van der Waals surface area (Å²) < 4.78 is 5.67. The summed E-state index contributed by atoms with van der Waals surface area (Å²) in [7, 11) is 0. The summed E-state index contributed by atoms with van der Waals surface area (Å²) in [6.07, 6.45) is 0. The van der Waals surface area contributed by atoms with Crippen LogP contribution in [0.3, 0.4) is 0 Å². The Morgan fingerprint density at radius 2 is 1.25 bits per heavy atom. The summed E-state index contributed by atoms with van der Waals surface area (Å²) in [6.45, 7) is 0. The Bertz CT molecular complexity index is 856. The summed E-state index contributed by atoms with van der Waals surface area (Å²) in [5, 5.41) is 10.6. The van der Waals surface area contributed by atoms with Crippen LogP contribution in [0.25, 0.3) is 0 Å². The van der Waals surface area contributed by atoms with E-state index in [1.165, 1.54) is 24.3 Å². The molecule has 0 aliphatic heterocycles. The number of ketones is 1. The maximum absolute atomic E-state index is 12.4. The minimum Gasteiger partial charge on any atom is -0.457 e. The molecule has 0 aromatic heterocycles. The van der Waals surface area contributed by atoms with Crippen LogP contribution in [0.4, 0.5) is 5.69 Å². The van der Waals surface area contributed by atoms with Gasteiger partial charge in [0.2, 0.25) is 0 Å². The van der Waals surface area contributed by atoms with Gasteiger partial charge < -0.3 is 4.74 Å². The smallest absolute Gasteiger partial charge is 0.269 e. The van der Waals surface area contributed by atoms with Crippen LogP contribution in [-0.2, 0) is 0 Å². The minimum absolute atomic E-state index is 0.0434. The van der Waals surface area contributed by atoms with Crippen LogP contribution < -0.4 is 4.74 Å². The van der Waals surface area contributed by atoms with Crippen molar-refractivity contribution in [3.05, 3.63) is 100 Å². The number of nitro groups is 1. The van der Waals surface area contributed by atoms with Crippen molar-refractivity contribution in [3.63, 3.8) is 0 Å². The second kappa shape index (κ2) is 6.75. The van der Waals surface area contributed by atoms with Gasteiger partial charge in [0.15, 0.2) is 5.78 Å². The Morgan fingerprint density at radius 3 is 1.79 bits per heavy atom. The van der Waals surface area contributed by atoms with Crippen LogP contribution in [0, 0.1) is 10.1 Å². The maximum atomic E-state index is 12.4. The molecule has 3 aromatic rings. The van der Waals surface area contributed by atoms with Crippen molar-refractivity contribution >= 4 is 11.5 Å². The summed E-state index contributed by atoms with van der Waals surface area (Å²) in [4.78, 5) is 22.5. The lowest BCUT2D eigenvalue weighted by Crippen LogP contribution is -2.01. The van der Waals surface area contributed by atoms with Gasteiger partial charge in [-0.05, 0) is 48.5 Å². The van der Waals surface area contributed by atoms with Crippen molar-refractivity contribution in [1.29, 1.82) is 0 Å². The van der Waals surface area contributed by atoms with E-state index >= 15 is 0 Å². The van der Waals surface area contributed by atoms with Gasteiger partial charge in [0, 0.05) is 23.3 Å². The molecule has 0 N–H and O–H groups in total. The highest BCUT2D eigenvalue weighted by molar-refractivity contribution is 6.09. The molecule has 0 bridgehead atoms. The van der Waals surface area contributed by atoms with Gasteiger partial charge in [-0.3, -0.25) is 14.9 Å². The molecule has 5 nitrogen and oxygen atoms in total. The number of carbonyl (C=O) groups excluding carboxylic acids is 1. The average Bonchev–Trinajstić information content (AvgIpc) is 2.63. The molecule has 0 atom stereocenters. The number of hydrogen-bond donors (Lipinski definition) is 0. The van der Waals surface area contributed by atoms with Gasteiger partial charge in [0.1, 0.15) is 11.5 Å². The molecule has 0 spiro atoms. The number of ether oxygens (including phenoxy) is 1. The second-order valence-corrected chi connectivity index (χ2v) is 5.07. The lowest BCUT2D eigenvalue weighted by molar-refractivity contribution is -0.384. The molecule has 0 amide bonds. The third kappa shape index (κ3) is 3.47. The number of rotatable bonds is 5. The van der Waals surface area contributed by atoms with E-state index < -0.39 is 4.92 Å². The number of para-hydroxylation sites is 1. The molecule has 5 heteroatoms. The highest BCUT2D eigenvalue weighted by Gasteiger charge is 2.11. The molecule has 24 heavy (non-hydrogen) atoms. The Hall–Kier alpha value is -3.47. The molecule has 0 saturated heterocycles. The van der Waals surface area contributed by atoms with Crippen molar-refractivity contribution in [2.75, 3.05) is 0 Å². The number of nitro benzene ring substituents is 1. The van der Waals surface area contributed by atoms with Crippen LogP contribution in [-0.4, -0.2) is 10.7 Å². The van der Waals surface area contributed by atoms with Gasteiger partial charge in [-0.1, -0.05) is 18.2 Å². The van der Waals surface area contributed by atoms with Gasteiger partial charge >= 0.3 is 0 Å². The topological polar surface area (TPSA) is 69.4 Å². The Morgan fingerprint density at radius 1 is 0.750 bits per heavy atom. The largest absolute Gasteiger partial charge is 0.457 e. The van der Waals surface area contributed by atoms with Crippen LogP contribution in [0.15, 0.2) is 78.9 Å². The van der Waals surface area contributed by atoms with E-state index in [1.807, 2.05) is 30.3 Å². The Balaban J connectivity index is 1.75. The molecule has 0 aliphatic rings. The fraction of sp³-hybridized carbons (Fsp3) is 0. The van der Waals surface area contributed by atoms with E-state index in [4.69, 9.17) is 4.74 Å². The second-order valence-electron chi connectivity index (χ2n) is 5.07. The normalized spacial score (nSPS) is 10.2. The average molecular weight is 319 g/mol. The first-order valence-corrected chi connectivity index (χ1v) is 7.25. The molecule has 118 valence electrons. The number of carbonyl (C=O) groups is 1. The zero-order chi connectivity index (χ0) is 16.9. The molecule has 0 heterocycles. The summed E-state index contributed by atoms with van der Waals surface area (Å²) in [5.41, 5.74) is 0.847.